The molecule has 0 radical (unpaired) electrons. The first-order chi connectivity index (χ1) is 9.29. The lowest BCUT2D eigenvalue weighted by atomic mass is 10.1. The molecule has 1 heterocycles. The summed E-state index contributed by atoms with van der Waals surface area (Å²) in [6.45, 7) is 2.13. The summed E-state index contributed by atoms with van der Waals surface area (Å²) in [5, 5.41) is 6.84. The number of hydrogen-bond acceptors (Lipinski definition) is 3. The van der Waals surface area contributed by atoms with Gasteiger partial charge in [-0.1, -0.05) is 0 Å². The first kappa shape index (κ1) is 14.2. The van der Waals surface area contributed by atoms with E-state index in [0.29, 0.717) is 0 Å². The molecule has 0 spiro atoms. The predicted molar refractivity (Wildman–Crippen MR) is 71.1 cm³/mol. The van der Waals surface area contributed by atoms with E-state index >= 15 is 0 Å². The van der Waals surface area contributed by atoms with E-state index in [0.717, 1.165) is 17.3 Å². The summed E-state index contributed by atoms with van der Waals surface area (Å²) >= 11 is 0. The average Bonchev–Trinajstić information content (AvgIpc) is 2.67. The van der Waals surface area contributed by atoms with Gasteiger partial charge in [-0.2, -0.15) is 18.3 Å². The van der Waals surface area contributed by atoms with Crippen molar-refractivity contribution in [3.63, 3.8) is 0 Å². The molecule has 0 saturated carbocycles. The lowest BCUT2D eigenvalue weighted by Gasteiger charge is -2.15. The minimum atomic E-state index is -4.44. The Kier molecular flexibility index (Phi) is 3.61. The second kappa shape index (κ2) is 5.07. The van der Waals surface area contributed by atoms with Crippen LogP contribution in [0.25, 0.3) is 0 Å². The lowest BCUT2D eigenvalue weighted by molar-refractivity contribution is -0.136. The standard InChI is InChI=1S/C13H15F3N4/c1-8-9(7-19-20(8)2)6-18-12-4-3-10(17)5-11(12)13(14,15)16/h3-5,7,18H,6,17H2,1-2H3. The Labute approximate surface area is 114 Å². The van der Waals surface area contributed by atoms with E-state index in [-0.39, 0.29) is 17.9 Å². The number of benzene rings is 1. The van der Waals surface area contributed by atoms with Gasteiger partial charge in [-0.3, -0.25) is 4.68 Å². The fourth-order valence-electron chi connectivity index (χ4n) is 1.86. The van der Waals surface area contributed by atoms with Crippen LogP contribution in [0.3, 0.4) is 0 Å². The number of aromatic nitrogens is 2. The zero-order valence-corrected chi connectivity index (χ0v) is 11.1. The quantitative estimate of drug-likeness (QED) is 0.852. The third kappa shape index (κ3) is 2.87. The van der Waals surface area contributed by atoms with E-state index in [1.807, 2.05) is 6.92 Å². The van der Waals surface area contributed by atoms with Crippen LogP contribution in [-0.4, -0.2) is 9.78 Å². The second-order valence-electron chi connectivity index (χ2n) is 4.54. The molecule has 0 aliphatic carbocycles. The number of nitrogens with one attached hydrogen (secondary N) is 1. The molecule has 0 bridgehead atoms. The highest BCUT2D eigenvalue weighted by Gasteiger charge is 2.33. The van der Waals surface area contributed by atoms with Crippen LogP contribution in [0, 0.1) is 6.92 Å². The number of nitrogen functional groups attached to an aromatic ring is 1. The fourth-order valence-corrected chi connectivity index (χ4v) is 1.86. The van der Waals surface area contributed by atoms with Crippen molar-refractivity contribution in [3.8, 4) is 0 Å². The second-order valence-corrected chi connectivity index (χ2v) is 4.54. The first-order valence-electron chi connectivity index (χ1n) is 5.97. The molecule has 4 nitrogen and oxygen atoms in total. The molecule has 1 aromatic carbocycles. The van der Waals surface area contributed by atoms with Crippen molar-refractivity contribution in [1.82, 2.24) is 9.78 Å². The lowest BCUT2D eigenvalue weighted by Crippen LogP contribution is -2.11. The summed E-state index contributed by atoms with van der Waals surface area (Å²) in [5.41, 5.74) is 6.49. The van der Waals surface area contributed by atoms with Gasteiger partial charge >= 0.3 is 6.18 Å². The largest absolute Gasteiger partial charge is 0.418 e. The number of aryl methyl sites for hydroxylation is 1. The molecule has 3 N–H and O–H groups in total. The van der Waals surface area contributed by atoms with Gasteiger partial charge in [-0.25, -0.2) is 0 Å². The van der Waals surface area contributed by atoms with Crippen molar-refractivity contribution in [2.75, 3.05) is 11.1 Å². The van der Waals surface area contributed by atoms with Crippen molar-refractivity contribution >= 4 is 11.4 Å². The minimum Gasteiger partial charge on any atom is -0.399 e. The van der Waals surface area contributed by atoms with Crippen LogP contribution in [0.15, 0.2) is 24.4 Å². The van der Waals surface area contributed by atoms with Crippen molar-refractivity contribution in [1.29, 1.82) is 0 Å². The van der Waals surface area contributed by atoms with Gasteiger partial charge in [-0.05, 0) is 25.1 Å². The SMILES string of the molecule is Cc1c(CNc2ccc(N)cc2C(F)(F)F)cnn1C. The minimum absolute atomic E-state index is 0.00922. The maximum atomic E-state index is 12.9. The molecular formula is C13H15F3N4. The Balaban J connectivity index is 2.24. The van der Waals surface area contributed by atoms with Crippen LogP contribution in [0.4, 0.5) is 24.5 Å². The molecule has 0 fully saturated rings. The van der Waals surface area contributed by atoms with E-state index in [9.17, 15) is 13.2 Å². The van der Waals surface area contributed by atoms with Crippen LogP contribution in [0.5, 0.6) is 0 Å². The molecule has 0 atom stereocenters. The van der Waals surface area contributed by atoms with Crippen LogP contribution < -0.4 is 11.1 Å². The Hall–Kier alpha value is -2.18. The van der Waals surface area contributed by atoms with Gasteiger partial charge in [0, 0.05) is 36.2 Å². The maximum absolute atomic E-state index is 12.9. The normalized spacial score (nSPS) is 11.7. The topological polar surface area (TPSA) is 55.9 Å². The molecule has 0 saturated heterocycles. The molecule has 0 unspecified atom stereocenters. The van der Waals surface area contributed by atoms with Gasteiger partial charge in [0.2, 0.25) is 0 Å². The van der Waals surface area contributed by atoms with Gasteiger partial charge in [-0.15, -0.1) is 0 Å². The Morgan fingerprint density at radius 1 is 1.35 bits per heavy atom. The van der Waals surface area contributed by atoms with Gasteiger partial charge in [0.25, 0.3) is 0 Å². The molecular weight excluding hydrogens is 269 g/mol. The Morgan fingerprint density at radius 3 is 2.60 bits per heavy atom. The number of anilines is 2. The van der Waals surface area contributed by atoms with E-state index in [4.69, 9.17) is 5.73 Å². The first-order valence-corrected chi connectivity index (χ1v) is 5.97. The van der Waals surface area contributed by atoms with E-state index < -0.39 is 11.7 Å². The predicted octanol–water partition coefficient (Wildman–Crippen LogP) is 2.94. The number of nitrogens with zero attached hydrogens (tertiary/aromatic N) is 2. The smallest absolute Gasteiger partial charge is 0.399 e. The van der Waals surface area contributed by atoms with Crippen LogP contribution >= 0.6 is 0 Å². The molecule has 2 rings (SSSR count). The molecule has 0 aliphatic rings. The zero-order chi connectivity index (χ0) is 14.9. The van der Waals surface area contributed by atoms with Gasteiger partial charge in [0.1, 0.15) is 0 Å². The Morgan fingerprint density at radius 2 is 2.05 bits per heavy atom. The number of halogens is 3. The molecule has 2 aromatic rings. The number of alkyl halides is 3. The number of nitrogens with two attached hydrogens (primary N) is 1. The molecule has 20 heavy (non-hydrogen) atoms. The van der Waals surface area contributed by atoms with Gasteiger partial charge in [0.15, 0.2) is 0 Å². The monoisotopic (exact) mass is 284 g/mol. The summed E-state index contributed by atoms with van der Waals surface area (Å²) in [5.74, 6) is 0. The van der Waals surface area contributed by atoms with Crippen molar-refractivity contribution < 1.29 is 13.2 Å². The highest BCUT2D eigenvalue weighted by atomic mass is 19.4. The summed E-state index contributed by atoms with van der Waals surface area (Å²) in [6.07, 6.45) is -2.81. The Bertz CT molecular complexity index is 617. The van der Waals surface area contributed by atoms with Gasteiger partial charge in [0.05, 0.1) is 11.8 Å². The summed E-state index contributed by atoms with van der Waals surface area (Å²) in [6, 6.07) is 3.70. The summed E-state index contributed by atoms with van der Waals surface area (Å²) in [7, 11) is 1.78. The van der Waals surface area contributed by atoms with Crippen molar-refractivity contribution in [2.24, 2.45) is 7.05 Å². The van der Waals surface area contributed by atoms with Crippen molar-refractivity contribution in [3.05, 3.63) is 41.2 Å². The van der Waals surface area contributed by atoms with E-state index in [1.165, 1.54) is 12.1 Å². The average molecular weight is 284 g/mol. The maximum Gasteiger partial charge on any atom is 0.418 e. The van der Waals surface area contributed by atoms with Crippen molar-refractivity contribution in [2.45, 2.75) is 19.6 Å². The number of hydrogen-bond donors (Lipinski definition) is 2. The molecule has 0 aliphatic heterocycles. The molecule has 7 heteroatoms. The van der Waals surface area contributed by atoms with E-state index in [1.54, 1.807) is 17.9 Å². The van der Waals surface area contributed by atoms with Crippen LogP contribution in [0.1, 0.15) is 16.8 Å². The van der Waals surface area contributed by atoms with E-state index in [2.05, 4.69) is 10.4 Å². The molecule has 0 amide bonds. The fraction of sp³-hybridized carbons (Fsp3) is 0.308. The summed E-state index contributed by atoms with van der Waals surface area (Å²) < 4.78 is 40.4. The zero-order valence-electron chi connectivity index (χ0n) is 11.1. The van der Waals surface area contributed by atoms with Gasteiger partial charge < -0.3 is 11.1 Å². The highest BCUT2D eigenvalue weighted by molar-refractivity contribution is 5.59. The van der Waals surface area contributed by atoms with Crippen LogP contribution in [-0.2, 0) is 19.8 Å². The molecule has 108 valence electrons. The molecule has 1 aromatic heterocycles. The van der Waals surface area contributed by atoms with Crippen LogP contribution in [0.2, 0.25) is 0 Å². The third-order valence-corrected chi connectivity index (χ3v) is 3.16. The highest BCUT2D eigenvalue weighted by Crippen LogP contribution is 2.36. The summed E-state index contributed by atoms with van der Waals surface area (Å²) in [4.78, 5) is 0. The number of rotatable bonds is 3. The third-order valence-electron chi connectivity index (χ3n) is 3.16.